The van der Waals surface area contributed by atoms with E-state index >= 15 is 0 Å². The van der Waals surface area contributed by atoms with Gasteiger partial charge in [0.05, 0.1) is 5.56 Å². The summed E-state index contributed by atoms with van der Waals surface area (Å²) in [7, 11) is -2.39. The molecule has 0 bridgehead atoms. The zero-order chi connectivity index (χ0) is 17.2. The van der Waals surface area contributed by atoms with Crippen molar-refractivity contribution in [2.75, 3.05) is 20.1 Å². The standard InChI is InChI=1S/C17H18N2O4S/c1-18-24(21,22)16-11-15(12-23-16)17(20)19-9-7-14(8-10-19)13-5-3-2-4-6-13/h2-7,11-12,18H,8-10H2,1H3. The molecule has 24 heavy (non-hydrogen) atoms. The summed E-state index contributed by atoms with van der Waals surface area (Å²) >= 11 is 0. The van der Waals surface area contributed by atoms with Crippen LogP contribution in [0.1, 0.15) is 22.3 Å². The summed E-state index contributed by atoms with van der Waals surface area (Å²) in [6, 6.07) is 11.3. The first-order valence-corrected chi connectivity index (χ1v) is 9.05. The van der Waals surface area contributed by atoms with Crippen molar-refractivity contribution >= 4 is 21.5 Å². The minimum Gasteiger partial charge on any atom is -0.451 e. The number of nitrogens with one attached hydrogen (secondary N) is 1. The van der Waals surface area contributed by atoms with Crippen LogP contribution in [0.5, 0.6) is 0 Å². The summed E-state index contributed by atoms with van der Waals surface area (Å²) in [6.45, 7) is 1.07. The molecule has 7 heteroatoms. The zero-order valence-corrected chi connectivity index (χ0v) is 14.0. The lowest BCUT2D eigenvalue weighted by Crippen LogP contribution is -2.34. The second-order valence-corrected chi connectivity index (χ2v) is 7.28. The monoisotopic (exact) mass is 346 g/mol. The molecule has 0 aliphatic carbocycles. The molecule has 1 N–H and O–H groups in total. The summed E-state index contributed by atoms with van der Waals surface area (Å²) < 4.78 is 30.5. The molecule has 1 aliphatic rings. The highest BCUT2D eigenvalue weighted by Crippen LogP contribution is 2.23. The number of hydrogen-bond acceptors (Lipinski definition) is 4. The van der Waals surface area contributed by atoms with Crippen LogP contribution in [0.25, 0.3) is 5.57 Å². The molecule has 2 heterocycles. The maximum absolute atomic E-state index is 12.5. The largest absolute Gasteiger partial charge is 0.451 e. The molecule has 1 aromatic carbocycles. The van der Waals surface area contributed by atoms with Gasteiger partial charge in [0.25, 0.3) is 15.9 Å². The fraction of sp³-hybridized carbons (Fsp3) is 0.235. The molecule has 6 nitrogen and oxygen atoms in total. The second-order valence-electron chi connectivity index (χ2n) is 5.46. The molecular formula is C17H18N2O4S. The van der Waals surface area contributed by atoms with Crippen molar-refractivity contribution in [3.8, 4) is 0 Å². The molecule has 1 aliphatic heterocycles. The summed E-state index contributed by atoms with van der Waals surface area (Å²) in [5, 5.41) is -0.258. The predicted molar refractivity (Wildman–Crippen MR) is 89.9 cm³/mol. The molecule has 0 radical (unpaired) electrons. The van der Waals surface area contributed by atoms with Crippen LogP contribution in [-0.2, 0) is 10.0 Å². The Labute approximate surface area is 140 Å². The fourth-order valence-corrected chi connectivity index (χ4v) is 3.28. The molecule has 0 atom stereocenters. The third-order valence-corrected chi connectivity index (χ3v) is 5.28. The van der Waals surface area contributed by atoms with E-state index in [1.54, 1.807) is 4.90 Å². The zero-order valence-electron chi connectivity index (χ0n) is 13.2. The summed E-state index contributed by atoms with van der Waals surface area (Å²) in [4.78, 5) is 14.2. The van der Waals surface area contributed by atoms with Crippen LogP contribution in [0, 0.1) is 0 Å². The quantitative estimate of drug-likeness (QED) is 0.920. The Hall–Kier alpha value is -2.38. The van der Waals surface area contributed by atoms with E-state index in [0.717, 1.165) is 12.0 Å². The third-order valence-electron chi connectivity index (χ3n) is 4.00. The van der Waals surface area contributed by atoms with Crippen molar-refractivity contribution < 1.29 is 17.6 Å². The predicted octanol–water partition coefficient (Wildman–Crippen LogP) is 2.12. The van der Waals surface area contributed by atoms with E-state index in [1.807, 2.05) is 36.4 Å². The highest BCUT2D eigenvalue weighted by molar-refractivity contribution is 7.89. The normalized spacial score (nSPS) is 15.2. The van der Waals surface area contributed by atoms with Crippen molar-refractivity contribution in [1.82, 2.24) is 9.62 Å². The fourth-order valence-electron chi connectivity index (χ4n) is 2.62. The molecule has 1 aromatic heterocycles. The Bertz CT molecular complexity index is 869. The van der Waals surface area contributed by atoms with Crippen molar-refractivity contribution in [2.45, 2.75) is 11.5 Å². The van der Waals surface area contributed by atoms with Gasteiger partial charge in [0.2, 0.25) is 5.09 Å². The Balaban J connectivity index is 1.73. The number of hydrogen-bond donors (Lipinski definition) is 1. The molecule has 0 fully saturated rings. The van der Waals surface area contributed by atoms with E-state index in [1.165, 1.54) is 25.0 Å². The number of benzene rings is 1. The van der Waals surface area contributed by atoms with Gasteiger partial charge in [-0.05, 0) is 24.6 Å². The summed E-state index contributed by atoms with van der Waals surface area (Å²) in [5.41, 5.74) is 2.61. The second kappa shape index (κ2) is 6.62. The summed E-state index contributed by atoms with van der Waals surface area (Å²) in [5.74, 6) is -0.236. The highest BCUT2D eigenvalue weighted by Gasteiger charge is 2.24. The van der Waals surface area contributed by atoms with Gasteiger partial charge in [-0.1, -0.05) is 36.4 Å². The van der Waals surface area contributed by atoms with Gasteiger partial charge in [-0.3, -0.25) is 4.79 Å². The van der Waals surface area contributed by atoms with Crippen LogP contribution in [0.15, 0.2) is 58.2 Å². The average molecular weight is 346 g/mol. The lowest BCUT2D eigenvalue weighted by Gasteiger charge is -2.26. The minimum atomic E-state index is -3.69. The molecule has 3 rings (SSSR count). The van der Waals surface area contributed by atoms with E-state index in [-0.39, 0.29) is 16.6 Å². The van der Waals surface area contributed by atoms with Crippen molar-refractivity contribution in [1.29, 1.82) is 0 Å². The number of nitrogens with zero attached hydrogens (tertiary/aromatic N) is 1. The van der Waals surface area contributed by atoms with Crippen LogP contribution in [-0.4, -0.2) is 39.4 Å². The first kappa shape index (κ1) is 16.5. The first-order valence-electron chi connectivity index (χ1n) is 7.57. The van der Waals surface area contributed by atoms with Gasteiger partial charge in [-0.2, -0.15) is 0 Å². The molecule has 126 valence electrons. The topological polar surface area (TPSA) is 79.6 Å². The molecular weight excluding hydrogens is 328 g/mol. The van der Waals surface area contributed by atoms with Gasteiger partial charge in [0.1, 0.15) is 6.26 Å². The number of carbonyl (C=O) groups excluding carboxylic acids is 1. The van der Waals surface area contributed by atoms with Gasteiger partial charge in [0.15, 0.2) is 0 Å². The Morgan fingerprint density at radius 3 is 2.62 bits per heavy atom. The van der Waals surface area contributed by atoms with Gasteiger partial charge >= 0.3 is 0 Å². The van der Waals surface area contributed by atoms with Crippen molar-refractivity contribution in [3.05, 3.63) is 59.9 Å². The van der Waals surface area contributed by atoms with Crippen LogP contribution >= 0.6 is 0 Å². The van der Waals surface area contributed by atoms with Crippen LogP contribution in [0.4, 0.5) is 0 Å². The number of rotatable bonds is 4. The van der Waals surface area contributed by atoms with Crippen molar-refractivity contribution in [3.63, 3.8) is 0 Å². The van der Waals surface area contributed by atoms with E-state index < -0.39 is 10.0 Å². The van der Waals surface area contributed by atoms with Crippen molar-refractivity contribution in [2.24, 2.45) is 0 Å². The van der Waals surface area contributed by atoms with Crippen LogP contribution in [0.2, 0.25) is 0 Å². The SMILES string of the molecule is CNS(=O)(=O)c1cc(C(=O)N2CC=C(c3ccccc3)CC2)co1. The van der Waals surface area contributed by atoms with E-state index in [0.29, 0.717) is 13.1 Å². The van der Waals surface area contributed by atoms with Crippen LogP contribution in [0.3, 0.4) is 0 Å². The molecule has 0 saturated heterocycles. The number of amides is 1. The van der Waals surface area contributed by atoms with Crippen LogP contribution < -0.4 is 4.72 Å². The average Bonchev–Trinajstić information content (AvgIpc) is 3.13. The lowest BCUT2D eigenvalue weighted by atomic mass is 9.99. The van der Waals surface area contributed by atoms with E-state index in [4.69, 9.17) is 4.42 Å². The van der Waals surface area contributed by atoms with E-state index in [2.05, 4.69) is 4.72 Å². The number of furan rings is 1. The Morgan fingerprint density at radius 1 is 1.25 bits per heavy atom. The Kier molecular flexibility index (Phi) is 4.55. The summed E-state index contributed by atoms with van der Waals surface area (Å²) in [6.07, 6.45) is 3.97. The first-order chi connectivity index (χ1) is 11.5. The van der Waals surface area contributed by atoms with Gasteiger partial charge in [-0.25, -0.2) is 13.1 Å². The molecule has 0 spiro atoms. The molecule has 2 aromatic rings. The minimum absolute atomic E-state index is 0.236. The molecule has 0 unspecified atom stereocenters. The van der Waals surface area contributed by atoms with E-state index in [9.17, 15) is 13.2 Å². The highest BCUT2D eigenvalue weighted by atomic mass is 32.2. The maximum Gasteiger partial charge on any atom is 0.273 e. The third kappa shape index (κ3) is 3.27. The number of carbonyl (C=O) groups is 1. The smallest absolute Gasteiger partial charge is 0.273 e. The van der Waals surface area contributed by atoms with Gasteiger partial charge < -0.3 is 9.32 Å². The molecule has 1 amide bonds. The lowest BCUT2D eigenvalue weighted by molar-refractivity contribution is 0.0772. The van der Waals surface area contributed by atoms with Gasteiger partial charge in [0, 0.05) is 19.2 Å². The molecule has 0 saturated carbocycles. The maximum atomic E-state index is 12.5. The Morgan fingerprint density at radius 2 is 2.00 bits per heavy atom. The number of sulfonamides is 1. The van der Waals surface area contributed by atoms with Gasteiger partial charge in [-0.15, -0.1) is 0 Å².